The summed E-state index contributed by atoms with van der Waals surface area (Å²) in [6.07, 6.45) is 2.11. The van der Waals surface area contributed by atoms with E-state index in [9.17, 15) is 9.18 Å². The molecular formula is C19H18ClFN2O. The van der Waals surface area contributed by atoms with E-state index >= 15 is 0 Å². The number of hydrogen-bond acceptors (Lipinski definition) is 1. The molecule has 5 heteroatoms. The number of rotatable bonds is 4. The summed E-state index contributed by atoms with van der Waals surface area (Å²) in [7, 11) is 0. The third kappa shape index (κ3) is 3.29. The Morgan fingerprint density at radius 1 is 1.25 bits per heavy atom. The van der Waals surface area contributed by atoms with Crippen molar-refractivity contribution in [3.05, 3.63) is 70.6 Å². The molecule has 2 aromatic carbocycles. The first-order valence-corrected chi connectivity index (χ1v) is 8.06. The molecule has 1 aromatic heterocycles. The van der Waals surface area contributed by atoms with Crippen LogP contribution in [-0.4, -0.2) is 10.9 Å². The highest BCUT2D eigenvalue weighted by atomic mass is 35.5. The fourth-order valence-electron chi connectivity index (χ4n) is 2.91. The van der Waals surface area contributed by atoms with Crippen molar-refractivity contribution in [2.75, 3.05) is 0 Å². The Balaban J connectivity index is 1.78. The lowest BCUT2D eigenvalue weighted by Gasteiger charge is -2.28. The summed E-state index contributed by atoms with van der Waals surface area (Å²) >= 11 is 6.12. The van der Waals surface area contributed by atoms with Gasteiger partial charge in [0.05, 0.1) is 12.0 Å². The second-order valence-electron chi connectivity index (χ2n) is 6.33. The average Bonchev–Trinajstić information content (AvgIpc) is 2.89. The second-order valence-corrected chi connectivity index (χ2v) is 6.74. The Kier molecular flexibility index (Phi) is 4.33. The minimum atomic E-state index is -0.700. The van der Waals surface area contributed by atoms with E-state index in [-0.39, 0.29) is 12.3 Å². The lowest BCUT2D eigenvalue weighted by atomic mass is 9.93. The number of benzene rings is 2. The molecular weight excluding hydrogens is 327 g/mol. The molecule has 24 heavy (non-hydrogen) atoms. The van der Waals surface area contributed by atoms with Gasteiger partial charge in [0.1, 0.15) is 5.82 Å². The van der Waals surface area contributed by atoms with Crippen molar-refractivity contribution in [2.45, 2.75) is 25.8 Å². The number of para-hydroxylation sites is 1. The monoisotopic (exact) mass is 344 g/mol. The molecule has 0 atom stereocenters. The highest BCUT2D eigenvalue weighted by Crippen LogP contribution is 2.28. The quantitative estimate of drug-likeness (QED) is 0.716. The van der Waals surface area contributed by atoms with Crippen molar-refractivity contribution in [1.82, 2.24) is 10.3 Å². The number of carbonyl (C=O) groups excluding carboxylic acids is 1. The highest BCUT2D eigenvalue weighted by molar-refractivity contribution is 6.31. The number of halogens is 2. The van der Waals surface area contributed by atoms with E-state index < -0.39 is 11.4 Å². The van der Waals surface area contributed by atoms with Crippen molar-refractivity contribution >= 4 is 28.4 Å². The van der Waals surface area contributed by atoms with Gasteiger partial charge >= 0.3 is 0 Å². The zero-order valence-electron chi connectivity index (χ0n) is 13.5. The summed E-state index contributed by atoms with van der Waals surface area (Å²) in [5.41, 5.74) is 1.91. The third-order valence-corrected chi connectivity index (χ3v) is 4.40. The molecule has 0 saturated carbocycles. The standard InChI is InChI=1S/C19H18ClFN2O/c1-19(2,15-8-7-13(21)10-16(15)20)23-18(24)9-12-11-22-17-6-4-3-5-14(12)17/h3-8,10-11,22H,9H2,1-2H3,(H,23,24). The molecule has 2 N–H and O–H groups in total. The van der Waals surface area contributed by atoms with Crippen LogP contribution in [0, 0.1) is 5.82 Å². The van der Waals surface area contributed by atoms with E-state index in [4.69, 9.17) is 11.6 Å². The van der Waals surface area contributed by atoms with E-state index in [1.165, 1.54) is 12.1 Å². The predicted octanol–water partition coefficient (Wildman–Crippen LogP) is 4.55. The molecule has 0 fully saturated rings. The first-order chi connectivity index (χ1) is 11.4. The zero-order chi connectivity index (χ0) is 17.3. The van der Waals surface area contributed by atoms with Crippen LogP contribution >= 0.6 is 11.6 Å². The summed E-state index contributed by atoms with van der Waals surface area (Å²) in [6, 6.07) is 12.0. The largest absolute Gasteiger partial charge is 0.361 e. The van der Waals surface area contributed by atoms with Gasteiger partial charge < -0.3 is 10.3 Å². The van der Waals surface area contributed by atoms with Crippen LogP contribution in [0.5, 0.6) is 0 Å². The summed E-state index contributed by atoms with van der Waals surface area (Å²) in [5.74, 6) is -0.519. The lowest BCUT2D eigenvalue weighted by Crippen LogP contribution is -2.42. The fourth-order valence-corrected chi connectivity index (χ4v) is 3.31. The SMILES string of the molecule is CC(C)(NC(=O)Cc1c[nH]c2ccccc12)c1ccc(F)cc1Cl. The summed E-state index contributed by atoms with van der Waals surface area (Å²) in [4.78, 5) is 15.6. The van der Waals surface area contributed by atoms with Crippen LogP contribution in [0.25, 0.3) is 10.9 Å². The first-order valence-electron chi connectivity index (χ1n) is 7.68. The maximum Gasteiger partial charge on any atom is 0.225 e. The smallest absolute Gasteiger partial charge is 0.225 e. The van der Waals surface area contributed by atoms with E-state index in [1.807, 2.05) is 44.3 Å². The number of fused-ring (bicyclic) bond motifs is 1. The zero-order valence-corrected chi connectivity index (χ0v) is 14.2. The molecule has 0 unspecified atom stereocenters. The van der Waals surface area contributed by atoms with Gasteiger partial charge in [-0.1, -0.05) is 35.9 Å². The van der Waals surface area contributed by atoms with Crippen LogP contribution in [0.1, 0.15) is 25.0 Å². The molecule has 0 spiro atoms. The molecule has 124 valence electrons. The molecule has 0 aliphatic heterocycles. The molecule has 0 aliphatic carbocycles. The third-order valence-electron chi connectivity index (χ3n) is 4.08. The maximum absolute atomic E-state index is 13.2. The molecule has 3 aromatic rings. The summed E-state index contributed by atoms with van der Waals surface area (Å²) in [6.45, 7) is 3.69. The van der Waals surface area contributed by atoms with Gasteiger partial charge in [0.2, 0.25) is 5.91 Å². The Labute approximate surface area is 144 Å². The molecule has 3 nitrogen and oxygen atoms in total. The van der Waals surface area contributed by atoms with Crippen molar-refractivity contribution in [2.24, 2.45) is 0 Å². The topological polar surface area (TPSA) is 44.9 Å². The van der Waals surface area contributed by atoms with Crippen LogP contribution in [-0.2, 0) is 16.8 Å². The number of hydrogen-bond donors (Lipinski definition) is 2. The predicted molar refractivity (Wildman–Crippen MR) is 94.6 cm³/mol. The van der Waals surface area contributed by atoms with Crippen LogP contribution in [0.15, 0.2) is 48.7 Å². The average molecular weight is 345 g/mol. The minimum Gasteiger partial charge on any atom is -0.361 e. The van der Waals surface area contributed by atoms with Crippen LogP contribution < -0.4 is 5.32 Å². The molecule has 1 heterocycles. The van der Waals surface area contributed by atoms with Crippen LogP contribution in [0.2, 0.25) is 5.02 Å². The van der Waals surface area contributed by atoms with Gasteiger partial charge in [0, 0.05) is 22.1 Å². The van der Waals surface area contributed by atoms with Gasteiger partial charge in [-0.25, -0.2) is 4.39 Å². The van der Waals surface area contributed by atoms with Gasteiger partial charge in [-0.05, 0) is 43.2 Å². The normalized spacial score (nSPS) is 11.7. The van der Waals surface area contributed by atoms with E-state index in [0.29, 0.717) is 10.6 Å². The van der Waals surface area contributed by atoms with Crippen LogP contribution in [0.4, 0.5) is 4.39 Å². The number of carbonyl (C=O) groups is 1. The Hall–Kier alpha value is -2.33. The van der Waals surface area contributed by atoms with Gasteiger partial charge in [-0.2, -0.15) is 0 Å². The first kappa shape index (κ1) is 16.5. The molecule has 0 saturated heterocycles. The molecule has 0 bridgehead atoms. The van der Waals surface area contributed by atoms with Gasteiger partial charge in [0.25, 0.3) is 0 Å². The Bertz CT molecular complexity index is 901. The Morgan fingerprint density at radius 3 is 2.75 bits per heavy atom. The van der Waals surface area contributed by atoms with E-state index in [2.05, 4.69) is 10.3 Å². The van der Waals surface area contributed by atoms with E-state index in [0.717, 1.165) is 16.5 Å². The van der Waals surface area contributed by atoms with Crippen molar-refractivity contribution in [3.63, 3.8) is 0 Å². The number of aromatic nitrogens is 1. The van der Waals surface area contributed by atoms with Crippen molar-refractivity contribution in [3.8, 4) is 0 Å². The van der Waals surface area contributed by atoms with Crippen molar-refractivity contribution in [1.29, 1.82) is 0 Å². The molecule has 3 rings (SSSR count). The van der Waals surface area contributed by atoms with E-state index in [1.54, 1.807) is 6.07 Å². The minimum absolute atomic E-state index is 0.120. The molecule has 0 radical (unpaired) electrons. The fraction of sp³-hybridized carbons (Fsp3) is 0.211. The number of H-pyrrole nitrogens is 1. The summed E-state index contributed by atoms with van der Waals surface area (Å²) in [5, 5.41) is 4.31. The second kappa shape index (κ2) is 6.29. The summed E-state index contributed by atoms with van der Waals surface area (Å²) < 4.78 is 13.2. The van der Waals surface area contributed by atoms with Gasteiger partial charge in [0.15, 0.2) is 0 Å². The highest BCUT2D eigenvalue weighted by Gasteiger charge is 2.25. The van der Waals surface area contributed by atoms with Gasteiger partial charge in [-0.15, -0.1) is 0 Å². The molecule has 0 aliphatic rings. The van der Waals surface area contributed by atoms with Gasteiger partial charge in [-0.3, -0.25) is 4.79 Å². The number of nitrogens with one attached hydrogen (secondary N) is 2. The van der Waals surface area contributed by atoms with Crippen molar-refractivity contribution < 1.29 is 9.18 Å². The maximum atomic E-state index is 13.2. The molecule has 1 amide bonds. The number of aromatic amines is 1. The number of amides is 1. The Morgan fingerprint density at radius 2 is 2.00 bits per heavy atom. The lowest BCUT2D eigenvalue weighted by molar-refractivity contribution is -0.122. The van der Waals surface area contributed by atoms with Crippen LogP contribution in [0.3, 0.4) is 0 Å².